The fourth-order valence-electron chi connectivity index (χ4n) is 3.82. The van der Waals surface area contributed by atoms with E-state index in [1.54, 1.807) is 13.3 Å². The van der Waals surface area contributed by atoms with Crippen molar-refractivity contribution >= 4 is 32.1 Å². The summed E-state index contributed by atoms with van der Waals surface area (Å²) in [7, 11) is -1.93. The first-order valence-corrected chi connectivity index (χ1v) is 10.2. The number of ether oxygens (including phenoxy) is 1. The number of pyridine rings is 1. The third-order valence-electron chi connectivity index (χ3n) is 5.20. The van der Waals surface area contributed by atoms with Gasteiger partial charge in [0.1, 0.15) is 5.75 Å². The highest BCUT2D eigenvalue weighted by Gasteiger charge is 2.26. The zero-order valence-electron chi connectivity index (χ0n) is 14.6. The van der Waals surface area contributed by atoms with Crippen LogP contribution in [-0.4, -0.2) is 42.5 Å². The second-order valence-electron chi connectivity index (χ2n) is 6.75. The molecule has 8 heteroatoms. The van der Waals surface area contributed by atoms with E-state index >= 15 is 0 Å². The first-order valence-electron chi connectivity index (χ1n) is 8.66. The monoisotopic (exact) mass is 374 g/mol. The Balaban J connectivity index is 1.68. The number of piperidine rings is 1. The Kier molecular flexibility index (Phi) is 4.34. The second kappa shape index (κ2) is 6.53. The van der Waals surface area contributed by atoms with Crippen LogP contribution in [-0.2, 0) is 16.8 Å². The van der Waals surface area contributed by atoms with Crippen LogP contribution in [0.15, 0.2) is 36.5 Å². The zero-order chi connectivity index (χ0) is 18.3. The highest BCUT2D eigenvalue weighted by atomic mass is 32.2. The van der Waals surface area contributed by atoms with Gasteiger partial charge >= 0.3 is 0 Å². The molecule has 2 N–H and O–H groups in total. The van der Waals surface area contributed by atoms with Crippen molar-refractivity contribution in [2.75, 3.05) is 20.2 Å². The number of nitrogens with zero attached hydrogens (tertiary/aromatic N) is 3. The number of rotatable bonds is 4. The van der Waals surface area contributed by atoms with E-state index in [0.29, 0.717) is 19.0 Å². The maximum Gasteiger partial charge on any atom is 0.276 e. The predicted molar refractivity (Wildman–Crippen MR) is 101 cm³/mol. The van der Waals surface area contributed by atoms with Gasteiger partial charge in [0.05, 0.1) is 23.7 Å². The van der Waals surface area contributed by atoms with Gasteiger partial charge in [-0.2, -0.15) is 12.7 Å². The SMILES string of the molecule is COc1ccc2c(c1)c1ncccc1n2CC1CCN(S(N)(=O)=O)CC1. The molecule has 0 radical (unpaired) electrons. The molecule has 0 amide bonds. The molecule has 0 saturated carbocycles. The van der Waals surface area contributed by atoms with Crippen LogP contribution in [0.1, 0.15) is 12.8 Å². The summed E-state index contributed by atoms with van der Waals surface area (Å²) in [6, 6.07) is 10.1. The lowest BCUT2D eigenvalue weighted by Gasteiger charge is -2.30. The molecule has 0 atom stereocenters. The van der Waals surface area contributed by atoms with Crippen LogP contribution in [0.3, 0.4) is 0 Å². The summed E-state index contributed by atoms with van der Waals surface area (Å²) in [5.74, 6) is 1.21. The molecular formula is C18H22N4O3S. The molecule has 4 rings (SSSR count). The van der Waals surface area contributed by atoms with Gasteiger partial charge in [0, 0.05) is 31.2 Å². The first-order chi connectivity index (χ1) is 12.5. The summed E-state index contributed by atoms with van der Waals surface area (Å²) in [4.78, 5) is 4.56. The van der Waals surface area contributed by atoms with Crippen molar-refractivity contribution in [3.05, 3.63) is 36.5 Å². The molecule has 0 aliphatic carbocycles. The molecule has 0 spiro atoms. The van der Waals surface area contributed by atoms with E-state index in [1.807, 2.05) is 18.2 Å². The number of methoxy groups -OCH3 is 1. The van der Waals surface area contributed by atoms with Gasteiger partial charge in [0.2, 0.25) is 0 Å². The highest BCUT2D eigenvalue weighted by Crippen LogP contribution is 2.32. The Morgan fingerprint density at radius 1 is 1.23 bits per heavy atom. The van der Waals surface area contributed by atoms with Crippen LogP contribution in [0.4, 0.5) is 0 Å². The average molecular weight is 374 g/mol. The van der Waals surface area contributed by atoms with Gasteiger partial charge in [0.25, 0.3) is 10.2 Å². The van der Waals surface area contributed by atoms with Crippen LogP contribution in [0.5, 0.6) is 5.75 Å². The lowest BCUT2D eigenvalue weighted by molar-refractivity contribution is 0.256. The minimum absolute atomic E-state index is 0.397. The van der Waals surface area contributed by atoms with Crippen molar-refractivity contribution < 1.29 is 13.2 Å². The lowest BCUT2D eigenvalue weighted by atomic mass is 9.98. The Labute approximate surface area is 152 Å². The number of hydrogen-bond donors (Lipinski definition) is 1. The van der Waals surface area contributed by atoms with Gasteiger partial charge in [-0.15, -0.1) is 0 Å². The van der Waals surface area contributed by atoms with Crippen LogP contribution in [0.2, 0.25) is 0 Å². The quantitative estimate of drug-likeness (QED) is 0.757. The molecule has 138 valence electrons. The summed E-state index contributed by atoms with van der Waals surface area (Å²) in [5.41, 5.74) is 3.17. The standard InChI is InChI=1S/C18H22N4O3S/c1-25-14-4-5-16-15(11-14)18-17(3-2-8-20-18)22(16)12-13-6-9-21(10-7-13)26(19,23)24/h2-5,8,11,13H,6-7,9-10,12H2,1H3,(H2,19,23,24). The Hall–Kier alpha value is -2.16. The van der Waals surface area contributed by atoms with Crippen molar-refractivity contribution in [2.24, 2.45) is 11.1 Å². The van der Waals surface area contributed by atoms with Crippen LogP contribution >= 0.6 is 0 Å². The van der Waals surface area contributed by atoms with Gasteiger partial charge in [-0.3, -0.25) is 4.98 Å². The van der Waals surface area contributed by atoms with E-state index in [-0.39, 0.29) is 0 Å². The third kappa shape index (κ3) is 3.04. The van der Waals surface area contributed by atoms with E-state index in [9.17, 15) is 8.42 Å². The molecular weight excluding hydrogens is 352 g/mol. The predicted octanol–water partition coefficient (Wildman–Crippen LogP) is 2.11. The maximum absolute atomic E-state index is 11.5. The van der Waals surface area contributed by atoms with E-state index < -0.39 is 10.2 Å². The Bertz CT molecular complexity index is 1050. The highest BCUT2D eigenvalue weighted by molar-refractivity contribution is 7.86. The lowest BCUT2D eigenvalue weighted by Crippen LogP contribution is -2.42. The number of fused-ring (bicyclic) bond motifs is 3. The Morgan fingerprint density at radius 3 is 2.69 bits per heavy atom. The van der Waals surface area contributed by atoms with E-state index in [2.05, 4.69) is 21.7 Å². The smallest absolute Gasteiger partial charge is 0.276 e. The minimum atomic E-state index is -3.59. The number of benzene rings is 1. The van der Waals surface area contributed by atoms with Crippen molar-refractivity contribution in [3.8, 4) is 5.75 Å². The normalized spacial score (nSPS) is 17.2. The summed E-state index contributed by atoms with van der Waals surface area (Å²) in [6.45, 7) is 1.79. The molecule has 1 fully saturated rings. The summed E-state index contributed by atoms with van der Waals surface area (Å²) in [5, 5.41) is 6.31. The van der Waals surface area contributed by atoms with Crippen molar-refractivity contribution in [1.82, 2.24) is 13.9 Å². The topological polar surface area (TPSA) is 90.4 Å². The number of aromatic nitrogens is 2. The van der Waals surface area contributed by atoms with Gasteiger partial charge in [0.15, 0.2) is 0 Å². The molecule has 7 nitrogen and oxygen atoms in total. The van der Waals surface area contributed by atoms with Crippen LogP contribution < -0.4 is 9.88 Å². The van der Waals surface area contributed by atoms with E-state index in [1.165, 1.54) is 4.31 Å². The molecule has 1 aromatic carbocycles. The molecule has 1 aliphatic rings. The third-order valence-corrected chi connectivity index (χ3v) is 6.29. The summed E-state index contributed by atoms with van der Waals surface area (Å²) in [6.07, 6.45) is 3.40. The molecule has 3 aromatic rings. The summed E-state index contributed by atoms with van der Waals surface area (Å²) < 4.78 is 32.0. The average Bonchev–Trinajstić information content (AvgIpc) is 2.95. The molecule has 0 unspecified atom stereocenters. The first kappa shape index (κ1) is 17.3. The van der Waals surface area contributed by atoms with Crippen molar-refractivity contribution in [3.63, 3.8) is 0 Å². The minimum Gasteiger partial charge on any atom is -0.497 e. The molecule has 1 saturated heterocycles. The van der Waals surface area contributed by atoms with Crippen molar-refractivity contribution in [2.45, 2.75) is 19.4 Å². The fourth-order valence-corrected chi connectivity index (χ4v) is 4.54. The van der Waals surface area contributed by atoms with Crippen LogP contribution in [0, 0.1) is 5.92 Å². The largest absolute Gasteiger partial charge is 0.497 e. The maximum atomic E-state index is 11.5. The van der Waals surface area contributed by atoms with E-state index in [4.69, 9.17) is 9.88 Å². The van der Waals surface area contributed by atoms with Gasteiger partial charge in [-0.25, -0.2) is 5.14 Å². The van der Waals surface area contributed by atoms with Crippen molar-refractivity contribution in [1.29, 1.82) is 0 Å². The van der Waals surface area contributed by atoms with E-state index in [0.717, 1.165) is 47.1 Å². The molecule has 0 bridgehead atoms. The summed E-state index contributed by atoms with van der Waals surface area (Å²) >= 11 is 0. The molecule has 2 aromatic heterocycles. The second-order valence-corrected chi connectivity index (χ2v) is 8.30. The Morgan fingerprint density at radius 2 is 2.00 bits per heavy atom. The number of hydrogen-bond acceptors (Lipinski definition) is 4. The fraction of sp³-hybridized carbons (Fsp3) is 0.389. The zero-order valence-corrected chi connectivity index (χ0v) is 15.4. The van der Waals surface area contributed by atoms with Gasteiger partial charge in [-0.1, -0.05) is 0 Å². The molecule has 3 heterocycles. The number of nitrogens with two attached hydrogens (primary N) is 1. The molecule has 26 heavy (non-hydrogen) atoms. The molecule has 1 aliphatic heterocycles. The van der Waals surface area contributed by atoms with Gasteiger partial charge in [-0.05, 0) is 49.1 Å². The van der Waals surface area contributed by atoms with Gasteiger partial charge < -0.3 is 9.30 Å². The van der Waals surface area contributed by atoms with Crippen LogP contribution in [0.25, 0.3) is 21.9 Å².